The third kappa shape index (κ3) is 5.07. The molecule has 0 aliphatic carbocycles. The molecule has 0 saturated heterocycles. The minimum absolute atomic E-state index is 0.0253. The van der Waals surface area contributed by atoms with Crippen molar-refractivity contribution in [1.82, 2.24) is 15.0 Å². The van der Waals surface area contributed by atoms with Crippen LogP contribution in [0.1, 0.15) is 5.56 Å². The topological polar surface area (TPSA) is 119 Å². The molecule has 0 unspecified atom stereocenters. The van der Waals surface area contributed by atoms with Crippen molar-refractivity contribution >= 4 is 56.4 Å². The van der Waals surface area contributed by atoms with Gasteiger partial charge in [0.2, 0.25) is 0 Å². The number of hydrogen-bond acceptors (Lipinski definition) is 11. The van der Waals surface area contributed by atoms with Crippen LogP contribution in [0.15, 0.2) is 66.7 Å². The fourth-order valence-corrected chi connectivity index (χ4v) is 4.73. The largest absolute Gasteiger partial charge is 0.534 e. The van der Waals surface area contributed by atoms with Crippen LogP contribution in [0.3, 0.4) is 0 Å². The molecule has 11 nitrogen and oxygen atoms in total. The maximum absolute atomic E-state index is 13.6. The summed E-state index contributed by atoms with van der Waals surface area (Å²) in [5.74, 6) is 1.71. The van der Waals surface area contributed by atoms with Gasteiger partial charge in [-0.25, -0.2) is 15.0 Å². The Morgan fingerprint density at radius 3 is 1.33 bits per heavy atom. The van der Waals surface area contributed by atoms with Crippen LogP contribution >= 0.6 is 0 Å². The number of nitriles is 1. The van der Waals surface area contributed by atoms with Gasteiger partial charge in [-0.15, -0.1) is 0 Å². The number of anilines is 8. The van der Waals surface area contributed by atoms with Crippen LogP contribution in [0.25, 0.3) is 0 Å². The van der Waals surface area contributed by atoms with Gasteiger partial charge in [0.25, 0.3) is 0 Å². The second-order valence-corrected chi connectivity index (χ2v) is 10.8. The molecule has 15 heteroatoms. The first kappa shape index (κ1) is 28.4. The molecule has 0 N–H and O–H groups in total. The highest BCUT2D eigenvalue weighted by atomic mass is 32.2. The van der Waals surface area contributed by atoms with Crippen LogP contribution < -0.4 is 23.8 Å². The van der Waals surface area contributed by atoms with Crippen molar-refractivity contribution in [1.29, 1.82) is 5.26 Å². The quantitative estimate of drug-likeness (QED) is 0.220. The molecule has 1 aromatic carbocycles. The zero-order valence-electron chi connectivity index (χ0n) is 22.7. The summed E-state index contributed by atoms with van der Waals surface area (Å²) in [4.78, 5) is 20.1. The molecular formula is C27H23F3N8O3S. The van der Waals surface area contributed by atoms with Crippen molar-refractivity contribution in [3.8, 4) is 11.8 Å². The standard InChI is InChI=1S/C27H23F3N8O3S/c1-35-18-14-17(16-31)15-19(26(18)41-42(39,40)27(28,29)30)36(2)21-9-6-11-23(33-21)38(4)25-13-7-12-24(34-25)37(3)22-10-5-8-20(35)32-22/h5-15H,1-4H3. The zero-order valence-corrected chi connectivity index (χ0v) is 23.5. The van der Waals surface area contributed by atoms with E-state index in [1.807, 2.05) is 12.1 Å². The number of hydrogen-bond donors (Lipinski definition) is 0. The average molecular weight is 597 g/mol. The molecule has 0 saturated carbocycles. The first-order valence-electron chi connectivity index (χ1n) is 12.3. The number of aromatic nitrogens is 3. The van der Waals surface area contributed by atoms with Crippen LogP contribution in [0, 0.1) is 11.3 Å². The highest BCUT2D eigenvalue weighted by Gasteiger charge is 2.49. The van der Waals surface area contributed by atoms with Crippen molar-refractivity contribution in [2.45, 2.75) is 5.51 Å². The molecule has 8 bridgehead atoms. The lowest BCUT2D eigenvalue weighted by Gasteiger charge is -2.29. The average Bonchev–Trinajstić information content (AvgIpc) is 2.98. The maximum atomic E-state index is 13.6. The second-order valence-electron chi connectivity index (χ2n) is 9.24. The maximum Gasteiger partial charge on any atom is 0.534 e. The molecule has 1 aliphatic heterocycles. The van der Waals surface area contributed by atoms with Gasteiger partial charge >= 0.3 is 15.6 Å². The highest BCUT2D eigenvalue weighted by molar-refractivity contribution is 7.88. The Hall–Kier alpha value is -5.10. The van der Waals surface area contributed by atoms with Gasteiger partial charge in [-0.2, -0.15) is 26.9 Å². The van der Waals surface area contributed by atoms with Gasteiger partial charge in [-0.05, 0) is 48.5 Å². The molecule has 0 spiro atoms. The lowest BCUT2D eigenvalue weighted by Crippen LogP contribution is -2.29. The third-order valence-corrected chi connectivity index (χ3v) is 7.55. The molecular weight excluding hydrogens is 573 g/mol. The van der Waals surface area contributed by atoms with E-state index in [1.165, 1.54) is 36.0 Å². The molecule has 216 valence electrons. The predicted octanol–water partition coefficient (Wildman–Crippen LogP) is 5.36. The summed E-state index contributed by atoms with van der Waals surface area (Å²) in [7, 11) is 0.304. The van der Waals surface area contributed by atoms with Crippen molar-refractivity contribution in [2.75, 3.05) is 47.8 Å². The number of pyridine rings is 3. The van der Waals surface area contributed by atoms with Crippen LogP contribution in [0.4, 0.5) is 59.5 Å². The molecule has 0 atom stereocenters. The van der Waals surface area contributed by atoms with Gasteiger partial charge in [-0.3, -0.25) is 0 Å². The smallest absolute Gasteiger partial charge is 0.372 e. The van der Waals surface area contributed by atoms with E-state index in [-0.39, 0.29) is 28.6 Å². The lowest BCUT2D eigenvalue weighted by atomic mass is 10.1. The predicted molar refractivity (Wildman–Crippen MR) is 152 cm³/mol. The first-order valence-corrected chi connectivity index (χ1v) is 13.7. The van der Waals surface area contributed by atoms with Crippen molar-refractivity contribution in [3.05, 3.63) is 72.3 Å². The Balaban J connectivity index is 1.84. The summed E-state index contributed by atoms with van der Waals surface area (Å²) in [5.41, 5.74) is -6.00. The van der Waals surface area contributed by atoms with Gasteiger partial charge in [0.1, 0.15) is 34.9 Å². The molecule has 5 rings (SSSR count). The Kier molecular flexibility index (Phi) is 7.03. The number of halogens is 3. The monoisotopic (exact) mass is 596 g/mol. The molecule has 4 heterocycles. The molecule has 0 amide bonds. The molecule has 0 fully saturated rings. The van der Waals surface area contributed by atoms with Gasteiger partial charge < -0.3 is 23.8 Å². The number of fused-ring (bicyclic) bond motifs is 8. The van der Waals surface area contributed by atoms with E-state index < -0.39 is 21.4 Å². The summed E-state index contributed by atoms with van der Waals surface area (Å²) < 4.78 is 70.2. The third-order valence-electron chi connectivity index (χ3n) is 6.60. The van der Waals surface area contributed by atoms with Gasteiger partial charge in [0.15, 0.2) is 5.75 Å². The number of benzene rings is 1. The van der Waals surface area contributed by atoms with E-state index >= 15 is 0 Å². The molecule has 4 aromatic rings. The van der Waals surface area contributed by atoms with E-state index in [2.05, 4.69) is 9.97 Å². The Labute approximate surface area is 239 Å². The van der Waals surface area contributed by atoms with Crippen molar-refractivity contribution < 1.29 is 25.8 Å². The Morgan fingerprint density at radius 2 is 1.02 bits per heavy atom. The Bertz CT molecular complexity index is 1730. The van der Waals surface area contributed by atoms with E-state index in [0.717, 1.165) is 0 Å². The molecule has 0 radical (unpaired) electrons. The molecule has 3 aromatic heterocycles. The van der Waals surface area contributed by atoms with E-state index in [4.69, 9.17) is 9.17 Å². The van der Waals surface area contributed by atoms with E-state index in [1.54, 1.807) is 72.4 Å². The SMILES string of the molecule is CN1c2cccc(n2)N(C)c2cccc(n2)N(C)c2cc(C#N)cc(c2OS(=O)(=O)C(F)(F)F)N(C)c2cccc1n2. The Morgan fingerprint density at radius 1 is 0.690 bits per heavy atom. The van der Waals surface area contributed by atoms with Crippen molar-refractivity contribution in [2.24, 2.45) is 0 Å². The van der Waals surface area contributed by atoms with Gasteiger partial charge in [0, 0.05) is 28.2 Å². The minimum Gasteiger partial charge on any atom is -0.372 e. The normalized spacial score (nSPS) is 13.6. The van der Waals surface area contributed by atoms with E-state index in [9.17, 15) is 26.9 Å². The fraction of sp³-hybridized carbons (Fsp3) is 0.185. The van der Waals surface area contributed by atoms with Crippen LogP contribution in [0.5, 0.6) is 5.75 Å². The van der Waals surface area contributed by atoms with Crippen LogP contribution in [-0.4, -0.2) is 57.1 Å². The van der Waals surface area contributed by atoms with Crippen LogP contribution in [0.2, 0.25) is 0 Å². The zero-order chi connectivity index (χ0) is 30.4. The van der Waals surface area contributed by atoms with Gasteiger partial charge in [0.05, 0.1) is 23.0 Å². The number of rotatable bonds is 2. The summed E-state index contributed by atoms with van der Waals surface area (Å²) in [5, 5.41) is 9.81. The van der Waals surface area contributed by atoms with E-state index in [0.29, 0.717) is 23.3 Å². The number of alkyl halides is 3. The lowest BCUT2D eigenvalue weighted by molar-refractivity contribution is -0.0499. The van der Waals surface area contributed by atoms with Gasteiger partial charge in [-0.1, -0.05) is 18.2 Å². The number of nitrogens with zero attached hydrogens (tertiary/aromatic N) is 8. The fourth-order valence-electron chi connectivity index (χ4n) is 4.24. The first-order chi connectivity index (χ1) is 19.8. The molecule has 1 aliphatic rings. The summed E-state index contributed by atoms with van der Waals surface area (Å²) in [6, 6.07) is 19.7. The highest BCUT2D eigenvalue weighted by Crippen LogP contribution is 2.45. The summed E-state index contributed by atoms with van der Waals surface area (Å²) in [6.07, 6.45) is 0. The minimum atomic E-state index is -6.12. The van der Waals surface area contributed by atoms with Crippen LogP contribution in [-0.2, 0) is 10.1 Å². The summed E-state index contributed by atoms with van der Waals surface area (Å²) >= 11 is 0. The second kappa shape index (κ2) is 10.4. The molecule has 42 heavy (non-hydrogen) atoms. The summed E-state index contributed by atoms with van der Waals surface area (Å²) in [6.45, 7) is 0. The van der Waals surface area contributed by atoms with Crippen molar-refractivity contribution in [3.63, 3.8) is 0 Å².